The van der Waals surface area contributed by atoms with E-state index in [2.05, 4.69) is 0 Å². The molecule has 186 valence electrons. The van der Waals surface area contributed by atoms with Crippen LogP contribution in [0, 0.1) is 5.92 Å². The van der Waals surface area contributed by atoms with E-state index >= 15 is 0 Å². The molecule has 0 aromatic heterocycles. The molecule has 0 bridgehead atoms. The second-order valence-electron chi connectivity index (χ2n) is 8.65. The molecule has 3 atom stereocenters. The van der Waals surface area contributed by atoms with E-state index in [9.17, 15) is 14.4 Å². The van der Waals surface area contributed by atoms with Crippen LogP contribution in [0.1, 0.15) is 58.8 Å². The molecule has 4 aliphatic rings. The highest BCUT2D eigenvalue weighted by Crippen LogP contribution is 2.31. The summed E-state index contributed by atoms with van der Waals surface area (Å²) in [4.78, 5) is 41.8. The highest BCUT2D eigenvalue weighted by atomic mass is 32.1. The quantitative estimate of drug-likeness (QED) is 0.600. The third-order valence-electron chi connectivity index (χ3n) is 6.69. The Hall–Kier alpha value is -0.970. The van der Waals surface area contributed by atoms with Gasteiger partial charge in [-0.2, -0.15) is 27.0 Å². The molecule has 10 heteroatoms. The average Bonchev–Trinajstić information content (AvgIpc) is 3.15. The molecule has 0 unspecified atom stereocenters. The van der Waals surface area contributed by atoms with Gasteiger partial charge < -0.3 is 24.0 Å². The summed E-state index contributed by atoms with van der Waals surface area (Å²) < 4.78 is 16.7. The van der Waals surface area contributed by atoms with Crippen LogP contribution >= 0.6 is 27.0 Å². The highest BCUT2D eigenvalue weighted by Gasteiger charge is 2.46. The number of ether oxygens (including phenoxy) is 3. The smallest absolute Gasteiger partial charge is 0.410 e. The average molecular weight is 493 g/mol. The number of hydrogen-bond acceptors (Lipinski definition) is 6. The van der Waals surface area contributed by atoms with Gasteiger partial charge in [0.25, 0.3) is 5.91 Å². The van der Waals surface area contributed by atoms with Gasteiger partial charge in [-0.15, -0.1) is 0 Å². The predicted octanol–water partition coefficient (Wildman–Crippen LogP) is 2.61. The van der Waals surface area contributed by atoms with Crippen LogP contribution in [-0.2, 0) is 23.8 Å². The molecule has 0 aromatic rings. The van der Waals surface area contributed by atoms with Crippen molar-refractivity contribution in [3.8, 4) is 0 Å². The van der Waals surface area contributed by atoms with Gasteiger partial charge in [0.1, 0.15) is 12.6 Å². The van der Waals surface area contributed by atoms with E-state index in [1.807, 2.05) is 0 Å². The molecular weight excluding hydrogens is 452 g/mol. The first kappa shape index (κ1) is 29.1. The number of amides is 2. The Morgan fingerprint density at radius 1 is 1.00 bits per heavy atom. The van der Waals surface area contributed by atoms with E-state index < -0.39 is 18.2 Å². The molecule has 1 saturated carbocycles. The minimum atomic E-state index is -0.833. The molecule has 0 spiro atoms. The zero-order valence-electron chi connectivity index (χ0n) is 18.1. The van der Waals surface area contributed by atoms with E-state index in [0.29, 0.717) is 45.2 Å². The Morgan fingerprint density at radius 3 is 2.38 bits per heavy atom. The second kappa shape index (κ2) is 13.7. The molecule has 4 rings (SSSR count). The van der Waals surface area contributed by atoms with E-state index in [1.165, 1.54) is 6.42 Å². The number of piperidine rings is 1. The zero-order chi connectivity index (χ0) is 20.2. The maximum atomic E-state index is 13.5. The van der Waals surface area contributed by atoms with Crippen molar-refractivity contribution in [2.45, 2.75) is 77.0 Å². The molecule has 0 radical (unpaired) electrons. The van der Waals surface area contributed by atoms with Crippen molar-refractivity contribution in [1.82, 2.24) is 9.80 Å². The summed E-state index contributed by atoms with van der Waals surface area (Å²) in [5, 5.41) is 0. The Morgan fingerprint density at radius 2 is 1.69 bits per heavy atom. The SMILES string of the molecule is C.O=C1CO[C@H]2CCCN(C(=O)[C@H](CC3CCCCC3)OC(=O)N3CCOCC3)[C@@H]12.S.S. The summed E-state index contributed by atoms with van der Waals surface area (Å²) in [5.74, 6) is 0.107. The number of carbonyl (C=O) groups excluding carboxylic acids is 3. The molecule has 2 amide bonds. The van der Waals surface area contributed by atoms with Crippen molar-refractivity contribution >= 4 is 44.8 Å². The van der Waals surface area contributed by atoms with Gasteiger partial charge in [-0.05, 0) is 25.2 Å². The Labute approximate surface area is 205 Å². The van der Waals surface area contributed by atoms with Crippen LogP contribution in [0.3, 0.4) is 0 Å². The fraction of sp³-hybridized carbons (Fsp3) is 0.864. The number of rotatable bonds is 4. The predicted molar refractivity (Wildman–Crippen MR) is 131 cm³/mol. The highest BCUT2D eigenvalue weighted by molar-refractivity contribution is 7.59. The van der Waals surface area contributed by atoms with Crippen molar-refractivity contribution in [3.63, 3.8) is 0 Å². The normalized spacial score (nSPS) is 26.7. The van der Waals surface area contributed by atoms with Crippen LogP contribution in [0.5, 0.6) is 0 Å². The molecule has 0 aromatic carbocycles. The Bertz CT molecular complexity index is 626. The fourth-order valence-corrected chi connectivity index (χ4v) is 5.09. The van der Waals surface area contributed by atoms with Gasteiger partial charge in [0.15, 0.2) is 11.9 Å². The molecule has 32 heavy (non-hydrogen) atoms. The standard InChI is InChI=1S/C21H32N2O6.CH4.2H2S/c24-16-14-28-17-7-4-8-23(19(16)17)20(25)18(13-15-5-2-1-3-6-15)29-21(26)22-9-11-27-12-10-22;;;/h15,17-19H,1-14H2;1H4;2*1H2/t17-,18-,19-;;;/m0.../s1. The van der Waals surface area contributed by atoms with Crippen LogP contribution in [0.15, 0.2) is 0 Å². The number of fused-ring (bicyclic) bond motifs is 1. The van der Waals surface area contributed by atoms with Crippen molar-refractivity contribution in [2.24, 2.45) is 5.92 Å². The lowest BCUT2D eigenvalue weighted by molar-refractivity contribution is -0.150. The number of Topliss-reactive ketones (excluding diaryl/α,β-unsaturated/α-hetero) is 1. The molecule has 3 aliphatic heterocycles. The lowest BCUT2D eigenvalue weighted by Gasteiger charge is -2.38. The molecule has 4 fully saturated rings. The maximum absolute atomic E-state index is 13.5. The number of carbonyl (C=O) groups is 3. The monoisotopic (exact) mass is 492 g/mol. The van der Waals surface area contributed by atoms with Crippen LogP contribution < -0.4 is 0 Å². The summed E-state index contributed by atoms with van der Waals surface area (Å²) >= 11 is 0. The maximum Gasteiger partial charge on any atom is 0.410 e. The lowest BCUT2D eigenvalue weighted by Crippen LogP contribution is -2.56. The van der Waals surface area contributed by atoms with Gasteiger partial charge in [0.05, 0.1) is 19.3 Å². The van der Waals surface area contributed by atoms with Crippen LogP contribution in [-0.4, -0.2) is 85.3 Å². The number of ketones is 1. The molecule has 8 nitrogen and oxygen atoms in total. The van der Waals surface area contributed by atoms with Gasteiger partial charge in [-0.3, -0.25) is 9.59 Å². The van der Waals surface area contributed by atoms with Crippen molar-refractivity contribution in [2.75, 3.05) is 39.5 Å². The zero-order valence-corrected chi connectivity index (χ0v) is 20.1. The van der Waals surface area contributed by atoms with E-state index in [1.54, 1.807) is 9.80 Å². The summed E-state index contributed by atoms with van der Waals surface area (Å²) in [6.45, 7) is 2.51. The van der Waals surface area contributed by atoms with Crippen LogP contribution in [0.2, 0.25) is 0 Å². The first-order chi connectivity index (χ1) is 14.1. The van der Waals surface area contributed by atoms with Crippen molar-refractivity contribution < 1.29 is 28.6 Å². The largest absolute Gasteiger partial charge is 0.436 e. The minimum Gasteiger partial charge on any atom is -0.436 e. The minimum absolute atomic E-state index is 0. The second-order valence-corrected chi connectivity index (χ2v) is 8.65. The van der Waals surface area contributed by atoms with E-state index in [0.717, 1.165) is 38.5 Å². The number of hydrogen-bond donors (Lipinski definition) is 0. The topological polar surface area (TPSA) is 85.4 Å². The van der Waals surface area contributed by atoms with E-state index in [-0.39, 0.29) is 58.8 Å². The lowest BCUT2D eigenvalue weighted by atomic mass is 9.85. The van der Waals surface area contributed by atoms with Gasteiger partial charge in [0, 0.05) is 19.6 Å². The Balaban J connectivity index is 0.00000171. The number of morpholine rings is 1. The molecular formula is C22H40N2O6S2. The van der Waals surface area contributed by atoms with E-state index in [4.69, 9.17) is 14.2 Å². The summed E-state index contributed by atoms with van der Waals surface area (Å²) in [7, 11) is 0. The fourth-order valence-electron chi connectivity index (χ4n) is 5.09. The van der Waals surface area contributed by atoms with Crippen LogP contribution in [0.25, 0.3) is 0 Å². The number of nitrogens with zero attached hydrogens (tertiary/aromatic N) is 2. The van der Waals surface area contributed by atoms with Gasteiger partial charge in [0.2, 0.25) is 0 Å². The van der Waals surface area contributed by atoms with Gasteiger partial charge in [-0.1, -0.05) is 39.5 Å². The summed E-state index contributed by atoms with van der Waals surface area (Å²) in [6.07, 6.45) is 6.29. The molecule has 3 heterocycles. The summed E-state index contributed by atoms with van der Waals surface area (Å²) in [6, 6.07) is -0.521. The number of likely N-dealkylation sites (tertiary alicyclic amines) is 1. The van der Waals surface area contributed by atoms with Gasteiger partial charge in [-0.25, -0.2) is 4.79 Å². The molecule has 1 aliphatic carbocycles. The first-order valence-electron chi connectivity index (χ1n) is 11.1. The van der Waals surface area contributed by atoms with Crippen LogP contribution in [0.4, 0.5) is 4.79 Å². The first-order valence-corrected chi connectivity index (χ1v) is 11.1. The summed E-state index contributed by atoms with van der Waals surface area (Å²) in [5.41, 5.74) is 0. The third kappa shape index (κ3) is 6.77. The van der Waals surface area contributed by atoms with Gasteiger partial charge >= 0.3 is 6.09 Å². The Kier molecular flexibility index (Phi) is 12.4. The van der Waals surface area contributed by atoms with Crippen molar-refractivity contribution in [1.29, 1.82) is 0 Å². The molecule has 3 saturated heterocycles. The third-order valence-corrected chi connectivity index (χ3v) is 6.69. The molecule has 0 N–H and O–H groups in total. The van der Waals surface area contributed by atoms with Crippen molar-refractivity contribution in [3.05, 3.63) is 0 Å².